The first kappa shape index (κ1) is 59.2. The van der Waals surface area contributed by atoms with Gasteiger partial charge in [0, 0.05) is 6.42 Å². The third-order valence-electron chi connectivity index (χ3n) is 12.5. The number of rotatable bonds is 44. The van der Waals surface area contributed by atoms with Crippen molar-refractivity contribution in [1.29, 1.82) is 0 Å². The van der Waals surface area contributed by atoms with Gasteiger partial charge in [0.15, 0.2) is 6.29 Å². The number of ether oxygens (including phenoxy) is 2. The van der Waals surface area contributed by atoms with Crippen LogP contribution in [-0.2, 0) is 14.3 Å². The molecule has 6 N–H and O–H groups in total. The number of aliphatic hydroxyl groups excluding tert-OH is 5. The fourth-order valence-corrected chi connectivity index (χ4v) is 8.29. The molecule has 63 heavy (non-hydrogen) atoms. The smallest absolute Gasteiger partial charge is 0.220 e. The van der Waals surface area contributed by atoms with Crippen LogP contribution in [0.1, 0.15) is 232 Å². The number of allylic oxidation sites excluding steroid dienone is 8. The van der Waals surface area contributed by atoms with E-state index in [4.69, 9.17) is 9.47 Å². The summed E-state index contributed by atoms with van der Waals surface area (Å²) < 4.78 is 11.2. The van der Waals surface area contributed by atoms with Crippen molar-refractivity contribution >= 4 is 5.91 Å². The van der Waals surface area contributed by atoms with E-state index in [-0.39, 0.29) is 18.9 Å². The molecule has 1 fully saturated rings. The molecule has 1 aliphatic rings. The highest BCUT2D eigenvalue weighted by molar-refractivity contribution is 5.76. The molecule has 1 heterocycles. The molecule has 1 saturated heterocycles. The Morgan fingerprint density at radius 2 is 0.952 bits per heavy atom. The molecule has 0 spiro atoms. The summed E-state index contributed by atoms with van der Waals surface area (Å²) in [6.45, 7) is 3.68. The highest BCUT2D eigenvalue weighted by Crippen LogP contribution is 2.23. The quantitative estimate of drug-likeness (QED) is 0.0262. The second-order valence-corrected chi connectivity index (χ2v) is 18.3. The minimum absolute atomic E-state index is 0.168. The largest absolute Gasteiger partial charge is 0.394 e. The van der Waals surface area contributed by atoms with E-state index in [1.807, 2.05) is 12.2 Å². The molecule has 1 aliphatic heterocycles. The summed E-state index contributed by atoms with van der Waals surface area (Å²) >= 11 is 0. The molecule has 0 bridgehead atoms. The van der Waals surface area contributed by atoms with Crippen molar-refractivity contribution in [2.45, 2.75) is 275 Å². The molecule has 7 atom stereocenters. The number of unbranched alkanes of at least 4 members (excludes halogenated alkanes) is 26. The van der Waals surface area contributed by atoms with Crippen LogP contribution in [0.3, 0.4) is 0 Å². The molecule has 9 nitrogen and oxygen atoms in total. The predicted molar refractivity (Wildman–Crippen MR) is 263 cm³/mol. The summed E-state index contributed by atoms with van der Waals surface area (Å²) in [5.74, 6) is -0.223. The predicted octanol–water partition coefficient (Wildman–Crippen LogP) is 12.2. The normalized spacial score (nSPS) is 20.5. The van der Waals surface area contributed by atoms with E-state index in [1.54, 1.807) is 0 Å². The van der Waals surface area contributed by atoms with Gasteiger partial charge in [-0.05, 0) is 38.5 Å². The van der Waals surface area contributed by atoms with Crippen LogP contribution < -0.4 is 5.32 Å². The molecule has 368 valence electrons. The van der Waals surface area contributed by atoms with E-state index in [2.05, 4.69) is 55.6 Å². The van der Waals surface area contributed by atoms with Crippen LogP contribution >= 0.6 is 0 Å². The monoisotopic (exact) mass is 890 g/mol. The Hall–Kier alpha value is -1.85. The molecule has 0 radical (unpaired) electrons. The Kier molecular flexibility index (Phi) is 41.3. The van der Waals surface area contributed by atoms with E-state index < -0.39 is 49.5 Å². The van der Waals surface area contributed by atoms with Gasteiger partial charge in [0.1, 0.15) is 24.4 Å². The minimum Gasteiger partial charge on any atom is -0.394 e. The third kappa shape index (κ3) is 34.2. The number of hydrogen-bond donors (Lipinski definition) is 6. The van der Waals surface area contributed by atoms with Crippen LogP contribution in [0.4, 0.5) is 0 Å². The second kappa shape index (κ2) is 44.0. The van der Waals surface area contributed by atoms with Gasteiger partial charge in [-0.2, -0.15) is 0 Å². The van der Waals surface area contributed by atoms with Crippen LogP contribution in [0.15, 0.2) is 48.6 Å². The summed E-state index contributed by atoms with van der Waals surface area (Å²) in [5, 5.41) is 54.4. The van der Waals surface area contributed by atoms with Gasteiger partial charge in [0.05, 0.1) is 25.4 Å². The number of amides is 1. The Bertz CT molecular complexity index is 1130. The van der Waals surface area contributed by atoms with Crippen molar-refractivity contribution in [2.24, 2.45) is 0 Å². The van der Waals surface area contributed by atoms with E-state index in [1.165, 1.54) is 154 Å². The van der Waals surface area contributed by atoms with Crippen molar-refractivity contribution < 1.29 is 39.8 Å². The number of hydrogen-bond acceptors (Lipinski definition) is 8. The summed E-state index contributed by atoms with van der Waals surface area (Å²) in [4.78, 5) is 12.9. The van der Waals surface area contributed by atoms with Gasteiger partial charge < -0.3 is 40.3 Å². The maximum Gasteiger partial charge on any atom is 0.220 e. The van der Waals surface area contributed by atoms with Gasteiger partial charge in [-0.25, -0.2) is 0 Å². The van der Waals surface area contributed by atoms with Gasteiger partial charge >= 0.3 is 0 Å². The minimum atomic E-state index is -1.57. The lowest BCUT2D eigenvalue weighted by atomic mass is 9.99. The molecule has 0 aromatic rings. The number of nitrogens with one attached hydrogen (secondary N) is 1. The zero-order chi connectivity index (χ0) is 45.9. The highest BCUT2D eigenvalue weighted by atomic mass is 16.7. The zero-order valence-corrected chi connectivity index (χ0v) is 40.6. The average Bonchev–Trinajstić information content (AvgIpc) is 3.28. The van der Waals surface area contributed by atoms with Gasteiger partial charge in [-0.15, -0.1) is 0 Å². The third-order valence-corrected chi connectivity index (χ3v) is 12.5. The standard InChI is InChI=1S/C54H99NO8/c1-3-5-7-9-11-13-15-17-18-19-20-21-22-23-24-25-26-27-28-29-30-32-33-35-37-39-41-43-48(57)47(46-62-54-53(61)52(60)51(59)49(45-56)63-54)55-50(58)44-42-40-38-36-34-31-16-14-12-10-8-6-4-2/h6,8,12,14,31,34,38,40,47-49,51-54,56-57,59-61H,3-5,7,9-11,13,15-30,32-33,35-37,39,41-46H2,1-2H3,(H,55,58)/b8-6-,14-12-,34-31-,40-38-. The number of aliphatic hydroxyl groups is 5. The lowest BCUT2D eigenvalue weighted by molar-refractivity contribution is -0.302. The van der Waals surface area contributed by atoms with Gasteiger partial charge in [-0.1, -0.05) is 236 Å². The molecule has 0 saturated carbocycles. The van der Waals surface area contributed by atoms with E-state index >= 15 is 0 Å². The van der Waals surface area contributed by atoms with Gasteiger partial charge in [-0.3, -0.25) is 4.79 Å². The van der Waals surface area contributed by atoms with Crippen LogP contribution in [0.25, 0.3) is 0 Å². The van der Waals surface area contributed by atoms with Gasteiger partial charge in [0.25, 0.3) is 0 Å². The maximum atomic E-state index is 12.9. The summed E-state index contributed by atoms with van der Waals surface area (Å²) in [7, 11) is 0. The van der Waals surface area contributed by atoms with E-state index in [0.29, 0.717) is 12.8 Å². The molecule has 1 rings (SSSR count). The Labute approximate surface area is 386 Å². The lowest BCUT2D eigenvalue weighted by Crippen LogP contribution is -2.60. The number of carbonyl (C=O) groups is 1. The zero-order valence-electron chi connectivity index (χ0n) is 40.6. The Morgan fingerprint density at radius 3 is 1.37 bits per heavy atom. The maximum absolute atomic E-state index is 12.9. The van der Waals surface area contributed by atoms with Crippen molar-refractivity contribution in [3.05, 3.63) is 48.6 Å². The van der Waals surface area contributed by atoms with Crippen molar-refractivity contribution in [3.63, 3.8) is 0 Å². The van der Waals surface area contributed by atoms with Gasteiger partial charge in [0.2, 0.25) is 5.91 Å². The molecular formula is C54H99NO8. The molecule has 0 aromatic carbocycles. The van der Waals surface area contributed by atoms with Crippen LogP contribution in [0, 0.1) is 0 Å². The average molecular weight is 890 g/mol. The Morgan fingerprint density at radius 1 is 0.556 bits per heavy atom. The molecule has 7 unspecified atom stereocenters. The van der Waals surface area contributed by atoms with E-state index in [0.717, 1.165) is 44.9 Å². The van der Waals surface area contributed by atoms with Crippen LogP contribution in [0.2, 0.25) is 0 Å². The Balaban J connectivity index is 2.21. The fourth-order valence-electron chi connectivity index (χ4n) is 8.29. The first-order chi connectivity index (χ1) is 30.8. The summed E-state index contributed by atoms with van der Waals surface area (Å²) in [5.41, 5.74) is 0. The first-order valence-corrected chi connectivity index (χ1v) is 26.3. The molecular weight excluding hydrogens is 791 g/mol. The van der Waals surface area contributed by atoms with Crippen LogP contribution in [0.5, 0.6) is 0 Å². The SMILES string of the molecule is CC/C=C\C/C=C\C/C=C\C/C=C\CCC(=O)NC(COC1OC(CO)C(O)C(O)C1O)C(O)CCCCCCCCCCCCCCCCCCCCCCCCCCCCC. The van der Waals surface area contributed by atoms with Crippen molar-refractivity contribution in [1.82, 2.24) is 5.32 Å². The summed E-state index contributed by atoms with van der Waals surface area (Å²) in [6, 6.07) is -0.758. The van der Waals surface area contributed by atoms with E-state index in [9.17, 15) is 30.3 Å². The molecule has 9 heteroatoms. The molecule has 0 aromatic heterocycles. The molecule has 1 amide bonds. The summed E-state index contributed by atoms with van der Waals surface area (Å²) in [6.07, 6.45) is 50.2. The first-order valence-electron chi connectivity index (χ1n) is 26.3. The van der Waals surface area contributed by atoms with Crippen LogP contribution in [-0.4, -0.2) is 87.5 Å². The van der Waals surface area contributed by atoms with Crippen molar-refractivity contribution in [2.75, 3.05) is 13.2 Å². The highest BCUT2D eigenvalue weighted by Gasteiger charge is 2.44. The fraction of sp³-hybridized carbons (Fsp3) is 0.833. The molecule has 0 aliphatic carbocycles. The lowest BCUT2D eigenvalue weighted by Gasteiger charge is -2.40. The second-order valence-electron chi connectivity index (χ2n) is 18.3. The number of carbonyl (C=O) groups excluding carboxylic acids is 1. The van der Waals surface area contributed by atoms with Crippen molar-refractivity contribution in [3.8, 4) is 0 Å². The topological polar surface area (TPSA) is 149 Å².